The van der Waals surface area contributed by atoms with Crippen LogP contribution >= 0.6 is 0 Å². The number of carbonyl (C=O) groups excluding carboxylic acids is 1. The topological polar surface area (TPSA) is 90.7 Å². The summed E-state index contributed by atoms with van der Waals surface area (Å²) in [5, 5.41) is 13.4. The Kier molecular flexibility index (Phi) is 3.84. The molecule has 2 aromatic carbocycles. The molecule has 118 valence electrons. The molecule has 0 bridgehead atoms. The number of nitro groups is 1. The van der Waals surface area contributed by atoms with Crippen molar-refractivity contribution in [3.8, 4) is 11.5 Å². The van der Waals surface area contributed by atoms with E-state index in [2.05, 4.69) is 5.32 Å². The quantitative estimate of drug-likeness (QED) is 0.695. The molecule has 23 heavy (non-hydrogen) atoms. The van der Waals surface area contributed by atoms with Crippen LogP contribution in [0.25, 0.3) is 0 Å². The van der Waals surface area contributed by atoms with E-state index in [1.807, 2.05) is 6.07 Å². The maximum absolute atomic E-state index is 12.4. The predicted molar refractivity (Wildman–Crippen MR) is 82.7 cm³/mol. The zero-order valence-electron chi connectivity index (χ0n) is 12.3. The average Bonchev–Trinajstić information content (AvgIpc) is 2.54. The van der Waals surface area contributed by atoms with Gasteiger partial charge in [-0.3, -0.25) is 14.9 Å². The number of rotatable bonds is 3. The molecule has 1 N–H and O–H groups in total. The van der Waals surface area contributed by atoms with Gasteiger partial charge in [-0.2, -0.15) is 0 Å². The van der Waals surface area contributed by atoms with Crippen molar-refractivity contribution in [2.24, 2.45) is 0 Å². The molecule has 1 heterocycles. The highest BCUT2D eigenvalue weighted by Gasteiger charge is 2.34. The van der Waals surface area contributed by atoms with Crippen LogP contribution in [0.3, 0.4) is 0 Å². The number of benzene rings is 2. The van der Waals surface area contributed by atoms with Crippen molar-refractivity contribution in [3.63, 3.8) is 0 Å². The molecule has 0 fully saturated rings. The van der Waals surface area contributed by atoms with E-state index in [0.29, 0.717) is 17.2 Å². The van der Waals surface area contributed by atoms with E-state index < -0.39 is 23.0 Å². The number of fused-ring (bicyclic) bond motifs is 1. The number of ether oxygens (including phenoxy) is 2. The fourth-order valence-corrected chi connectivity index (χ4v) is 2.32. The van der Waals surface area contributed by atoms with E-state index in [-0.39, 0.29) is 5.69 Å². The van der Waals surface area contributed by atoms with E-state index in [1.54, 1.807) is 31.2 Å². The van der Waals surface area contributed by atoms with Crippen molar-refractivity contribution in [1.29, 1.82) is 0 Å². The standard InChI is InChI=1S/C16H14N2O5/c1-10-15(23-14-8-3-2-7-13(14)22-10)16(19)17-11-5-4-6-12(9-11)18(20)21/h2-10,15H,1H3,(H,17,19)/t10-,15+/m0/s1. The number of hydrogen-bond donors (Lipinski definition) is 1. The van der Waals surface area contributed by atoms with Crippen LogP contribution in [-0.2, 0) is 4.79 Å². The molecule has 0 saturated carbocycles. The van der Waals surface area contributed by atoms with Crippen molar-refractivity contribution in [3.05, 3.63) is 58.6 Å². The Bertz CT molecular complexity index is 762. The van der Waals surface area contributed by atoms with Gasteiger partial charge in [-0.15, -0.1) is 0 Å². The third-order valence-corrected chi connectivity index (χ3v) is 3.43. The van der Waals surface area contributed by atoms with Crippen LogP contribution in [-0.4, -0.2) is 23.0 Å². The Morgan fingerprint density at radius 2 is 1.83 bits per heavy atom. The Hall–Kier alpha value is -3.09. The summed E-state index contributed by atoms with van der Waals surface area (Å²) in [6.45, 7) is 1.73. The summed E-state index contributed by atoms with van der Waals surface area (Å²) in [7, 11) is 0. The maximum Gasteiger partial charge on any atom is 0.271 e. The first-order chi connectivity index (χ1) is 11.0. The molecule has 7 heteroatoms. The summed E-state index contributed by atoms with van der Waals surface area (Å²) >= 11 is 0. The molecule has 1 aliphatic heterocycles. The first-order valence-corrected chi connectivity index (χ1v) is 7.02. The normalized spacial score (nSPS) is 19.0. The summed E-state index contributed by atoms with van der Waals surface area (Å²) in [4.78, 5) is 22.6. The molecule has 0 aliphatic carbocycles. The highest BCUT2D eigenvalue weighted by atomic mass is 16.6. The third kappa shape index (κ3) is 3.08. The van der Waals surface area contributed by atoms with Gasteiger partial charge in [0.25, 0.3) is 11.6 Å². The van der Waals surface area contributed by atoms with Gasteiger partial charge in [0.1, 0.15) is 6.10 Å². The lowest BCUT2D eigenvalue weighted by molar-refractivity contribution is -0.384. The van der Waals surface area contributed by atoms with E-state index >= 15 is 0 Å². The van der Waals surface area contributed by atoms with Gasteiger partial charge in [0.05, 0.1) is 4.92 Å². The van der Waals surface area contributed by atoms with E-state index in [0.717, 1.165) is 0 Å². The van der Waals surface area contributed by atoms with E-state index in [9.17, 15) is 14.9 Å². The van der Waals surface area contributed by atoms with Gasteiger partial charge in [0.15, 0.2) is 11.5 Å². The van der Waals surface area contributed by atoms with Crippen LogP contribution in [0.1, 0.15) is 6.92 Å². The number of hydrogen-bond acceptors (Lipinski definition) is 5. The van der Waals surface area contributed by atoms with Crippen molar-refractivity contribution in [1.82, 2.24) is 0 Å². The zero-order valence-corrected chi connectivity index (χ0v) is 12.3. The van der Waals surface area contributed by atoms with Crippen LogP contribution in [0.5, 0.6) is 11.5 Å². The van der Waals surface area contributed by atoms with Gasteiger partial charge in [-0.25, -0.2) is 0 Å². The minimum atomic E-state index is -0.843. The van der Waals surface area contributed by atoms with Crippen LogP contribution in [0.4, 0.5) is 11.4 Å². The summed E-state index contributed by atoms with van der Waals surface area (Å²) < 4.78 is 11.4. The molecular weight excluding hydrogens is 300 g/mol. The number of nitrogens with zero attached hydrogens (tertiary/aromatic N) is 1. The third-order valence-electron chi connectivity index (χ3n) is 3.43. The monoisotopic (exact) mass is 314 g/mol. The number of nitrogens with one attached hydrogen (secondary N) is 1. The summed E-state index contributed by atoms with van der Waals surface area (Å²) in [6, 6.07) is 12.8. The fraction of sp³-hybridized carbons (Fsp3) is 0.188. The Labute approximate surface area is 132 Å². The van der Waals surface area contributed by atoms with Crippen LogP contribution in [0.15, 0.2) is 48.5 Å². The first kappa shape index (κ1) is 14.8. The average molecular weight is 314 g/mol. The Morgan fingerprint density at radius 3 is 2.52 bits per heavy atom. The molecule has 1 aliphatic rings. The predicted octanol–water partition coefficient (Wildman–Crippen LogP) is 2.76. The lowest BCUT2D eigenvalue weighted by Gasteiger charge is -2.30. The SMILES string of the molecule is C[C@@H]1Oc2ccccc2O[C@H]1C(=O)Nc1cccc([N+](=O)[O-])c1. The number of carbonyl (C=O) groups is 1. The smallest absolute Gasteiger partial charge is 0.271 e. The second-order valence-electron chi connectivity index (χ2n) is 5.10. The molecular formula is C16H14N2O5. The number of anilines is 1. The molecule has 0 aromatic heterocycles. The van der Waals surface area contributed by atoms with Gasteiger partial charge < -0.3 is 14.8 Å². The van der Waals surface area contributed by atoms with E-state index in [4.69, 9.17) is 9.47 Å². The van der Waals surface area contributed by atoms with Crippen LogP contribution in [0.2, 0.25) is 0 Å². The Balaban J connectivity index is 1.76. The Morgan fingerprint density at radius 1 is 1.13 bits per heavy atom. The van der Waals surface area contributed by atoms with Crippen molar-refractivity contribution in [2.45, 2.75) is 19.1 Å². The van der Waals surface area contributed by atoms with Crippen molar-refractivity contribution < 1.29 is 19.2 Å². The number of non-ortho nitro benzene ring substituents is 1. The molecule has 1 amide bonds. The molecule has 0 radical (unpaired) electrons. The van der Waals surface area contributed by atoms with Gasteiger partial charge in [-0.1, -0.05) is 18.2 Å². The summed E-state index contributed by atoms with van der Waals surface area (Å²) in [5.74, 6) is 0.650. The van der Waals surface area contributed by atoms with Gasteiger partial charge in [0.2, 0.25) is 6.10 Å². The number of amides is 1. The van der Waals surface area contributed by atoms with Crippen LogP contribution in [0, 0.1) is 10.1 Å². The van der Waals surface area contributed by atoms with Crippen molar-refractivity contribution >= 4 is 17.3 Å². The van der Waals surface area contributed by atoms with Gasteiger partial charge in [-0.05, 0) is 25.1 Å². The van der Waals surface area contributed by atoms with Crippen LogP contribution < -0.4 is 14.8 Å². The second-order valence-corrected chi connectivity index (χ2v) is 5.10. The molecule has 3 rings (SSSR count). The first-order valence-electron chi connectivity index (χ1n) is 7.02. The van der Waals surface area contributed by atoms with Gasteiger partial charge in [0, 0.05) is 17.8 Å². The molecule has 2 aromatic rings. The van der Waals surface area contributed by atoms with Gasteiger partial charge >= 0.3 is 0 Å². The maximum atomic E-state index is 12.4. The minimum Gasteiger partial charge on any atom is -0.482 e. The van der Waals surface area contributed by atoms with Crippen molar-refractivity contribution in [2.75, 3.05) is 5.32 Å². The minimum absolute atomic E-state index is 0.0954. The molecule has 0 saturated heterocycles. The molecule has 7 nitrogen and oxygen atoms in total. The summed E-state index contributed by atoms with van der Waals surface area (Å²) in [6.07, 6.45) is -1.33. The lowest BCUT2D eigenvalue weighted by atomic mass is 10.1. The highest BCUT2D eigenvalue weighted by molar-refractivity contribution is 5.95. The molecule has 2 atom stereocenters. The fourth-order valence-electron chi connectivity index (χ4n) is 2.32. The lowest BCUT2D eigenvalue weighted by Crippen LogP contribution is -2.46. The largest absolute Gasteiger partial charge is 0.482 e. The summed E-state index contributed by atoms with van der Waals surface area (Å²) in [5.41, 5.74) is 0.237. The zero-order chi connectivity index (χ0) is 16.4. The molecule has 0 spiro atoms. The second kappa shape index (κ2) is 5.96. The molecule has 0 unspecified atom stereocenters. The highest BCUT2D eigenvalue weighted by Crippen LogP contribution is 2.33. The van der Waals surface area contributed by atoms with E-state index in [1.165, 1.54) is 18.2 Å². The number of nitro benzene ring substituents is 1. The number of para-hydroxylation sites is 2.